The lowest BCUT2D eigenvalue weighted by Gasteiger charge is -2.28. The van der Waals surface area contributed by atoms with Crippen LogP contribution in [0.2, 0.25) is 0 Å². The number of fused-ring (bicyclic) bond motifs is 1. The fraction of sp³-hybridized carbons (Fsp3) is 0.278. The molecule has 0 amide bonds. The van der Waals surface area contributed by atoms with Crippen molar-refractivity contribution in [3.8, 4) is 17.2 Å². The van der Waals surface area contributed by atoms with Crippen molar-refractivity contribution < 1.29 is 19.0 Å². The molecule has 0 saturated heterocycles. The quantitative estimate of drug-likeness (QED) is 0.866. The summed E-state index contributed by atoms with van der Waals surface area (Å²) >= 11 is 0. The fourth-order valence-electron chi connectivity index (χ4n) is 2.80. The van der Waals surface area contributed by atoms with E-state index in [1.807, 2.05) is 37.3 Å². The number of hydrogen-bond acceptors (Lipinski definition) is 4. The van der Waals surface area contributed by atoms with Gasteiger partial charge in [0.25, 0.3) is 0 Å². The predicted molar refractivity (Wildman–Crippen MR) is 83.0 cm³/mol. The van der Waals surface area contributed by atoms with Gasteiger partial charge in [0.05, 0.1) is 20.6 Å². The molecule has 22 heavy (non-hydrogen) atoms. The van der Waals surface area contributed by atoms with Gasteiger partial charge < -0.3 is 14.2 Å². The van der Waals surface area contributed by atoms with E-state index >= 15 is 0 Å². The highest BCUT2D eigenvalue weighted by Gasteiger charge is 2.33. The molecule has 1 aliphatic rings. The second-order valence-electron chi connectivity index (χ2n) is 5.25. The maximum atomic E-state index is 12.6. The van der Waals surface area contributed by atoms with Crippen LogP contribution in [0.4, 0.5) is 0 Å². The van der Waals surface area contributed by atoms with Crippen molar-refractivity contribution in [2.24, 2.45) is 0 Å². The molecule has 114 valence electrons. The van der Waals surface area contributed by atoms with E-state index in [2.05, 4.69) is 0 Å². The van der Waals surface area contributed by atoms with Crippen LogP contribution in [0.25, 0.3) is 0 Å². The maximum Gasteiger partial charge on any atom is 0.174 e. The Morgan fingerprint density at radius 3 is 2.41 bits per heavy atom. The highest BCUT2D eigenvalue weighted by molar-refractivity contribution is 6.03. The number of ether oxygens (including phenoxy) is 3. The Labute approximate surface area is 129 Å². The normalized spacial score (nSPS) is 16.7. The molecule has 1 atom stereocenters. The number of ketones is 1. The standard InChI is InChI=1S/C18H18O4/c1-11-14(20-2)10-16(21-3)17-13(19)9-15(22-18(11)17)12-7-5-4-6-8-12/h4-8,10,15H,9H2,1-3H3/t15-/m0/s1. The summed E-state index contributed by atoms with van der Waals surface area (Å²) in [5.74, 6) is 1.73. The van der Waals surface area contributed by atoms with Crippen LogP contribution in [0.5, 0.6) is 17.2 Å². The highest BCUT2D eigenvalue weighted by Crippen LogP contribution is 2.45. The van der Waals surface area contributed by atoms with Gasteiger partial charge in [0, 0.05) is 11.6 Å². The van der Waals surface area contributed by atoms with E-state index in [0.29, 0.717) is 29.2 Å². The average molecular weight is 298 g/mol. The summed E-state index contributed by atoms with van der Waals surface area (Å²) in [6.45, 7) is 1.89. The first-order chi connectivity index (χ1) is 10.7. The first kappa shape index (κ1) is 14.4. The molecule has 0 spiro atoms. The van der Waals surface area contributed by atoms with Crippen molar-refractivity contribution in [3.63, 3.8) is 0 Å². The van der Waals surface area contributed by atoms with Crippen molar-refractivity contribution >= 4 is 5.78 Å². The zero-order valence-corrected chi connectivity index (χ0v) is 12.9. The lowest BCUT2D eigenvalue weighted by molar-refractivity contribution is 0.0842. The van der Waals surface area contributed by atoms with E-state index in [4.69, 9.17) is 14.2 Å². The molecular formula is C18H18O4. The van der Waals surface area contributed by atoms with Crippen LogP contribution in [0.1, 0.15) is 34.0 Å². The van der Waals surface area contributed by atoms with E-state index in [1.54, 1.807) is 20.3 Å². The largest absolute Gasteiger partial charge is 0.496 e. The van der Waals surface area contributed by atoms with Crippen LogP contribution in [0.3, 0.4) is 0 Å². The van der Waals surface area contributed by atoms with E-state index in [0.717, 1.165) is 11.1 Å². The second-order valence-corrected chi connectivity index (χ2v) is 5.25. The Kier molecular flexibility index (Phi) is 3.75. The third-order valence-corrected chi connectivity index (χ3v) is 3.97. The maximum absolute atomic E-state index is 12.6. The van der Waals surface area contributed by atoms with Gasteiger partial charge in [-0.3, -0.25) is 4.79 Å². The molecule has 0 aliphatic carbocycles. The summed E-state index contributed by atoms with van der Waals surface area (Å²) in [5.41, 5.74) is 2.31. The van der Waals surface area contributed by atoms with Crippen LogP contribution in [-0.2, 0) is 0 Å². The molecule has 0 unspecified atom stereocenters. The smallest absolute Gasteiger partial charge is 0.174 e. The number of Topliss-reactive ketones (excluding diaryl/α,β-unsaturated/α-hetero) is 1. The first-order valence-electron chi connectivity index (χ1n) is 7.16. The second kappa shape index (κ2) is 5.72. The number of hydrogen-bond donors (Lipinski definition) is 0. The van der Waals surface area contributed by atoms with Gasteiger partial charge in [-0.05, 0) is 12.5 Å². The van der Waals surface area contributed by atoms with E-state index in [1.165, 1.54) is 0 Å². The topological polar surface area (TPSA) is 44.8 Å². The Hall–Kier alpha value is -2.49. The summed E-state index contributed by atoms with van der Waals surface area (Å²) in [7, 11) is 3.13. The zero-order chi connectivity index (χ0) is 15.7. The number of rotatable bonds is 3. The molecule has 0 N–H and O–H groups in total. The zero-order valence-electron chi connectivity index (χ0n) is 12.9. The highest BCUT2D eigenvalue weighted by atomic mass is 16.5. The van der Waals surface area contributed by atoms with E-state index in [-0.39, 0.29) is 11.9 Å². The molecule has 1 heterocycles. The van der Waals surface area contributed by atoms with Gasteiger partial charge in [0.2, 0.25) is 0 Å². The third kappa shape index (κ3) is 2.30. The van der Waals surface area contributed by atoms with Gasteiger partial charge in [-0.2, -0.15) is 0 Å². The third-order valence-electron chi connectivity index (χ3n) is 3.97. The first-order valence-corrected chi connectivity index (χ1v) is 7.16. The molecule has 3 rings (SSSR count). The molecule has 2 aromatic carbocycles. The number of benzene rings is 2. The summed E-state index contributed by atoms with van der Waals surface area (Å²) in [5, 5.41) is 0. The van der Waals surface area contributed by atoms with Crippen molar-refractivity contribution in [2.75, 3.05) is 14.2 Å². The minimum Gasteiger partial charge on any atom is -0.496 e. The summed E-state index contributed by atoms with van der Waals surface area (Å²) in [4.78, 5) is 12.6. The molecule has 0 aromatic heterocycles. The predicted octanol–water partition coefficient (Wildman–Crippen LogP) is 3.72. The van der Waals surface area contributed by atoms with Crippen LogP contribution in [0, 0.1) is 6.92 Å². The molecule has 0 saturated carbocycles. The molecule has 0 fully saturated rings. The van der Waals surface area contributed by atoms with Gasteiger partial charge in [-0.25, -0.2) is 0 Å². The molecule has 1 aliphatic heterocycles. The molecule has 4 nitrogen and oxygen atoms in total. The number of carbonyl (C=O) groups excluding carboxylic acids is 1. The number of carbonyl (C=O) groups is 1. The van der Waals surface area contributed by atoms with Crippen LogP contribution in [-0.4, -0.2) is 20.0 Å². The lowest BCUT2D eigenvalue weighted by Crippen LogP contribution is -2.22. The van der Waals surface area contributed by atoms with E-state index < -0.39 is 0 Å². The molecular weight excluding hydrogens is 280 g/mol. The fourth-order valence-corrected chi connectivity index (χ4v) is 2.80. The van der Waals surface area contributed by atoms with E-state index in [9.17, 15) is 4.79 Å². The van der Waals surface area contributed by atoms with Crippen molar-refractivity contribution in [1.29, 1.82) is 0 Å². The van der Waals surface area contributed by atoms with Crippen molar-refractivity contribution in [2.45, 2.75) is 19.4 Å². The summed E-state index contributed by atoms with van der Waals surface area (Å²) in [6, 6.07) is 11.5. The minimum atomic E-state index is -0.281. The Morgan fingerprint density at radius 1 is 1.09 bits per heavy atom. The Bertz CT molecular complexity index is 707. The van der Waals surface area contributed by atoms with Crippen molar-refractivity contribution in [1.82, 2.24) is 0 Å². The molecule has 0 radical (unpaired) electrons. The molecule has 2 aromatic rings. The van der Waals surface area contributed by atoms with Gasteiger partial charge in [-0.15, -0.1) is 0 Å². The van der Waals surface area contributed by atoms with Crippen LogP contribution < -0.4 is 14.2 Å². The van der Waals surface area contributed by atoms with Gasteiger partial charge in [-0.1, -0.05) is 30.3 Å². The van der Waals surface area contributed by atoms with Crippen molar-refractivity contribution in [3.05, 3.63) is 53.1 Å². The Balaban J connectivity index is 2.10. The molecule has 4 heteroatoms. The lowest BCUT2D eigenvalue weighted by atomic mass is 9.93. The van der Waals surface area contributed by atoms with Gasteiger partial charge >= 0.3 is 0 Å². The minimum absolute atomic E-state index is 0.0257. The average Bonchev–Trinajstić information content (AvgIpc) is 2.56. The molecule has 0 bridgehead atoms. The van der Waals surface area contributed by atoms with Crippen LogP contribution >= 0.6 is 0 Å². The number of methoxy groups -OCH3 is 2. The van der Waals surface area contributed by atoms with Gasteiger partial charge in [0.15, 0.2) is 5.78 Å². The van der Waals surface area contributed by atoms with Crippen LogP contribution in [0.15, 0.2) is 36.4 Å². The Morgan fingerprint density at radius 2 is 1.77 bits per heavy atom. The SMILES string of the molecule is COc1cc(OC)c2c(c1C)O[C@H](c1ccccc1)CC2=O. The monoisotopic (exact) mass is 298 g/mol. The van der Waals surface area contributed by atoms with Gasteiger partial charge in [0.1, 0.15) is 28.9 Å². The summed E-state index contributed by atoms with van der Waals surface area (Å²) < 4.78 is 16.8. The summed E-state index contributed by atoms with van der Waals surface area (Å²) in [6.07, 6.45) is 0.0239.